The van der Waals surface area contributed by atoms with Crippen molar-refractivity contribution in [2.45, 2.75) is 12.1 Å². The highest BCUT2D eigenvalue weighted by molar-refractivity contribution is 7.99. The summed E-state index contributed by atoms with van der Waals surface area (Å²) in [5.41, 5.74) is 0. The molecule has 2 rings (SSSR count). The van der Waals surface area contributed by atoms with Crippen molar-refractivity contribution in [2.75, 3.05) is 31.4 Å². The topological polar surface area (TPSA) is 78.9 Å². The Morgan fingerprint density at radius 2 is 2.31 bits per heavy atom. The first-order chi connectivity index (χ1) is 7.70. The number of carboxylic acid groups (broad SMARTS) is 1. The number of nitrogens with zero attached hydrogens (tertiary/aromatic N) is 1. The maximum atomic E-state index is 12.0. The molecule has 16 heavy (non-hydrogen) atoms. The van der Waals surface area contributed by atoms with Gasteiger partial charge in [0.1, 0.15) is 12.1 Å². The molecule has 1 amide bonds. The lowest BCUT2D eigenvalue weighted by atomic mass is 10.2. The Labute approximate surface area is 97.3 Å². The van der Waals surface area contributed by atoms with Crippen LogP contribution in [0.15, 0.2) is 0 Å². The van der Waals surface area contributed by atoms with Gasteiger partial charge in [0, 0.05) is 12.3 Å². The number of hydrogen-bond donors (Lipinski definition) is 2. The molecule has 0 aromatic heterocycles. The molecule has 0 aliphatic carbocycles. The zero-order valence-electron chi connectivity index (χ0n) is 8.72. The summed E-state index contributed by atoms with van der Waals surface area (Å²) in [6.45, 7) is 1.56. The SMILES string of the molecule is O=C(O)[C@@H]1CSCN1C(=O)C1COCCN1. The van der Waals surface area contributed by atoms with E-state index in [1.807, 2.05) is 0 Å². The first-order valence-electron chi connectivity index (χ1n) is 5.12. The zero-order chi connectivity index (χ0) is 11.5. The molecule has 2 atom stereocenters. The molecule has 2 saturated heterocycles. The van der Waals surface area contributed by atoms with E-state index in [0.29, 0.717) is 31.4 Å². The average Bonchev–Trinajstić information content (AvgIpc) is 2.78. The highest BCUT2D eigenvalue weighted by Crippen LogP contribution is 2.22. The maximum Gasteiger partial charge on any atom is 0.327 e. The minimum Gasteiger partial charge on any atom is -0.480 e. The Bertz CT molecular complexity index is 293. The minimum absolute atomic E-state index is 0.169. The average molecular weight is 246 g/mol. The molecule has 2 aliphatic rings. The van der Waals surface area contributed by atoms with Crippen LogP contribution in [0.25, 0.3) is 0 Å². The van der Waals surface area contributed by atoms with Crippen molar-refractivity contribution in [3.63, 3.8) is 0 Å². The molecule has 2 aliphatic heterocycles. The van der Waals surface area contributed by atoms with E-state index in [0.717, 1.165) is 0 Å². The molecular weight excluding hydrogens is 232 g/mol. The van der Waals surface area contributed by atoms with Gasteiger partial charge in [-0.3, -0.25) is 4.79 Å². The van der Waals surface area contributed by atoms with Crippen molar-refractivity contribution >= 4 is 23.6 Å². The van der Waals surface area contributed by atoms with Crippen LogP contribution in [0, 0.1) is 0 Å². The molecule has 90 valence electrons. The number of carboxylic acids is 1. The van der Waals surface area contributed by atoms with E-state index < -0.39 is 18.1 Å². The van der Waals surface area contributed by atoms with E-state index >= 15 is 0 Å². The van der Waals surface area contributed by atoms with Crippen LogP contribution in [0.5, 0.6) is 0 Å². The smallest absolute Gasteiger partial charge is 0.327 e. The van der Waals surface area contributed by atoms with Gasteiger partial charge in [0.05, 0.1) is 19.1 Å². The molecule has 0 saturated carbocycles. The number of ether oxygens (including phenoxy) is 1. The molecule has 2 N–H and O–H groups in total. The van der Waals surface area contributed by atoms with Gasteiger partial charge in [-0.2, -0.15) is 0 Å². The molecule has 0 spiro atoms. The predicted molar refractivity (Wildman–Crippen MR) is 58.2 cm³/mol. The second kappa shape index (κ2) is 5.03. The maximum absolute atomic E-state index is 12.0. The Morgan fingerprint density at radius 3 is 2.94 bits per heavy atom. The predicted octanol–water partition coefficient (Wildman–Crippen LogP) is -1.04. The summed E-state index contributed by atoms with van der Waals surface area (Å²) >= 11 is 1.47. The van der Waals surface area contributed by atoms with E-state index in [2.05, 4.69) is 5.32 Å². The van der Waals surface area contributed by atoms with Crippen LogP contribution in [0.3, 0.4) is 0 Å². The molecule has 0 aromatic rings. The molecular formula is C9H14N2O4S. The third-order valence-electron chi connectivity index (χ3n) is 2.67. The Morgan fingerprint density at radius 1 is 1.50 bits per heavy atom. The Kier molecular flexibility index (Phi) is 3.67. The molecule has 0 bridgehead atoms. The van der Waals surface area contributed by atoms with E-state index in [1.165, 1.54) is 16.7 Å². The van der Waals surface area contributed by atoms with Gasteiger partial charge in [-0.25, -0.2) is 4.79 Å². The molecule has 0 aromatic carbocycles. The normalized spacial score (nSPS) is 30.4. The molecule has 2 heterocycles. The zero-order valence-corrected chi connectivity index (χ0v) is 9.53. The van der Waals surface area contributed by atoms with Crippen LogP contribution < -0.4 is 5.32 Å². The number of aliphatic carboxylic acids is 1. The van der Waals surface area contributed by atoms with Crippen molar-refractivity contribution in [3.8, 4) is 0 Å². The second-order valence-electron chi connectivity index (χ2n) is 3.74. The number of morpholine rings is 1. The summed E-state index contributed by atoms with van der Waals surface area (Å²) in [4.78, 5) is 24.4. The van der Waals surface area contributed by atoms with Crippen molar-refractivity contribution in [2.24, 2.45) is 0 Å². The van der Waals surface area contributed by atoms with Crippen molar-refractivity contribution in [1.82, 2.24) is 10.2 Å². The highest BCUT2D eigenvalue weighted by atomic mass is 32.2. The van der Waals surface area contributed by atoms with Crippen LogP contribution in [-0.2, 0) is 14.3 Å². The number of rotatable bonds is 2. The van der Waals surface area contributed by atoms with Crippen LogP contribution in [0.1, 0.15) is 0 Å². The van der Waals surface area contributed by atoms with Crippen LogP contribution >= 0.6 is 11.8 Å². The van der Waals surface area contributed by atoms with Crippen LogP contribution in [-0.4, -0.2) is 65.4 Å². The number of nitrogens with one attached hydrogen (secondary N) is 1. The Hall–Kier alpha value is -0.790. The molecule has 6 nitrogen and oxygen atoms in total. The van der Waals surface area contributed by atoms with Crippen molar-refractivity contribution < 1.29 is 19.4 Å². The fourth-order valence-electron chi connectivity index (χ4n) is 1.79. The van der Waals surface area contributed by atoms with E-state index in [1.54, 1.807) is 0 Å². The first-order valence-corrected chi connectivity index (χ1v) is 6.28. The highest BCUT2D eigenvalue weighted by Gasteiger charge is 2.37. The lowest BCUT2D eigenvalue weighted by molar-refractivity contribution is -0.149. The molecule has 0 radical (unpaired) electrons. The monoisotopic (exact) mass is 246 g/mol. The van der Waals surface area contributed by atoms with Gasteiger partial charge < -0.3 is 20.1 Å². The van der Waals surface area contributed by atoms with Gasteiger partial charge in [0.15, 0.2) is 0 Å². The lowest BCUT2D eigenvalue weighted by Crippen LogP contribution is -2.55. The van der Waals surface area contributed by atoms with Crippen LogP contribution in [0.2, 0.25) is 0 Å². The minimum atomic E-state index is -0.935. The van der Waals surface area contributed by atoms with E-state index in [4.69, 9.17) is 9.84 Å². The fourth-order valence-corrected chi connectivity index (χ4v) is 2.94. The molecule has 1 unspecified atom stereocenters. The third-order valence-corrected chi connectivity index (χ3v) is 3.68. The lowest BCUT2D eigenvalue weighted by Gasteiger charge is -2.29. The number of carbonyl (C=O) groups is 2. The first kappa shape index (κ1) is 11.7. The Balaban J connectivity index is 1.99. The molecule has 7 heteroatoms. The third kappa shape index (κ3) is 2.31. The van der Waals surface area contributed by atoms with Gasteiger partial charge in [0.2, 0.25) is 5.91 Å². The van der Waals surface area contributed by atoms with Gasteiger partial charge in [0.25, 0.3) is 0 Å². The number of hydrogen-bond acceptors (Lipinski definition) is 5. The number of amides is 1. The van der Waals surface area contributed by atoms with Crippen LogP contribution in [0.4, 0.5) is 0 Å². The summed E-state index contributed by atoms with van der Waals surface area (Å²) < 4.78 is 5.19. The standard InChI is InChI=1S/C9H14N2O4S/c12-8(6-3-15-2-1-10-6)11-5-16-4-7(11)9(13)14/h6-7,10H,1-5H2,(H,13,14)/t6?,7-/m0/s1. The number of thioether (sulfide) groups is 1. The van der Waals surface area contributed by atoms with Crippen molar-refractivity contribution in [3.05, 3.63) is 0 Å². The summed E-state index contributed by atoms with van der Waals surface area (Å²) in [5, 5.41) is 12.0. The van der Waals surface area contributed by atoms with Gasteiger partial charge in [-0.15, -0.1) is 11.8 Å². The summed E-state index contributed by atoms with van der Waals surface area (Å²) in [6, 6.07) is -1.09. The molecule has 2 fully saturated rings. The summed E-state index contributed by atoms with van der Waals surface area (Å²) in [6.07, 6.45) is 0. The van der Waals surface area contributed by atoms with E-state index in [9.17, 15) is 9.59 Å². The van der Waals surface area contributed by atoms with Gasteiger partial charge in [-0.1, -0.05) is 0 Å². The summed E-state index contributed by atoms with van der Waals surface area (Å²) in [5.74, 6) is -0.185. The second-order valence-corrected chi connectivity index (χ2v) is 4.74. The summed E-state index contributed by atoms with van der Waals surface area (Å²) in [7, 11) is 0. The van der Waals surface area contributed by atoms with E-state index in [-0.39, 0.29) is 5.91 Å². The van der Waals surface area contributed by atoms with Gasteiger partial charge in [-0.05, 0) is 0 Å². The van der Waals surface area contributed by atoms with Crippen molar-refractivity contribution in [1.29, 1.82) is 0 Å². The number of carbonyl (C=O) groups excluding carboxylic acids is 1. The quantitative estimate of drug-likeness (QED) is 0.648. The van der Waals surface area contributed by atoms with Gasteiger partial charge >= 0.3 is 5.97 Å². The fraction of sp³-hybridized carbons (Fsp3) is 0.778. The largest absolute Gasteiger partial charge is 0.480 e.